The Morgan fingerprint density at radius 3 is 3.27 bits per heavy atom. The summed E-state index contributed by atoms with van der Waals surface area (Å²) in [6.45, 7) is 4.63. The standard InChI is InChI=1S/C15H21N5OS/c1-11(12-4-6-22-9-12)7-17-15(21)14-18-10-20(19-14)13-3-2-5-16-8-13/h4,6,9-11,13,16H,2-3,5,7-8H2,1H3,(H,17,21). The molecular formula is C15H21N5OS. The second-order valence-electron chi connectivity index (χ2n) is 5.72. The van der Waals surface area contributed by atoms with Gasteiger partial charge in [0.25, 0.3) is 5.91 Å². The second-order valence-corrected chi connectivity index (χ2v) is 6.50. The van der Waals surface area contributed by atoms with E-state index in [1.54, 1.807) is 17.7 Å². The number of nitrogens with one attached hydrogen (secondary N) is 2. The molecule has 0 spiro atoms. The number of hydrogen-bond acceptors (Lipinski definition) is 5. The summed E-state index contributed by atoms with van der Waals surface area (Å²) in [5.74, 6) is 0.340. The van der Waals surface area contributed by atoms with Crippen LogP contribution in [0.5, 0.6) is 0 Å². The van der Waals surface area contributed by atoms with Crippen molar-refractivity contribution >= 4 is 17.2 Å². The molecule has 118 valence electrons. The largest absolute Gasteiger partial charge is 0.349 e. The molecule has 1 saturated heterocycles. The van der Waals surface area contributed by atoms with Gasteiger partial charge in [0.1, 0.15) is 6.33 Å². The minimum absolute atomic E-state index is 0.204. The molecule has 22 heavy (non-hydrogen) atoms. The smallest absolute Gasteiger partial charge is 0.290 e. The van der Waals surface area contributed by atoms with E-state index < -0.39 is 0 Å². The highest BCUT2D eigenvalue weighted by Crippen LogP contribution is 2.17. The van der Waals surface area contributed by atoms with E-state index in [0.29, 0.717) is 18.5 Å². The van der Waals surface area contributed by atoms with Gasteiger partial charge in [-0.3, -0.25) is 4.79 Å². The monoisotopic (exact) mass is 319 g/mol. The van der Waals surface area contributed by atoms with E-state index in [-0.39, 0.29) is 11.7 Å². The Hall–Kier alpha value is -1.73. The Morgan fingerprint density at radius 2 is 2.55 bits per heavy atom. The fraction of sp³-hybridized carbons (Fsp3) is 0.533. The molecule has 1 aliphatic rings. The van der Waals surface area contributed by atoms with Crippen LogP contribution in [-0.4, -0.2) is 40.3 Å². The Labute approximate surface area is 133 Å². The molecule has 6 nitrogen and oxygen atoms in total. The van der Waals surface area contributed by atoms with E-state index in [9.17, 15) is 4.79 Å². The van der Waals surface area contributed by atoms with Crippen molar-refractivity contribution in [2.24, 2.45) is 0 Å². The van der Waals surface area contributed by atoms with Crippen molar-refractivity contribution in [3.05, 3.63) is 34.5 Å². The number of piperidine rings is 1. The van der Waals surface area contributed by atoms with Crippen LogP contribution in [0.2, 0.25) is 0 Å². The van der Waals surface area contributed by atoms with E-state index in [2.05, 4.69) is 44.5 Å². The fourth-order valence-corrected chi connectivity index (χ4v) is 3.39. The number of amides is 1. The lowest BCUT2D eigenvalue weighted by Gasteiger charge is -2.22. The molecule has 0 saturated carbocycles. The molecule has 3 rings (SSSR count). The minimum Gasteiger partial charge on any atom is -0.349 e. The Morgan fingerprint density at radius 1 is 1.64 bits per heavy atom. The zero-order valence-corrected chi connectivity index (χ0v) is 13.5. The van der Waals surface area contributed by atoms with Gasteiger partial charge < -0.3 is 10.6 Å². The predicted octanol–water partition coefficient (Wildman–Crippen LogP) is 1.80. The number of aromatic nitrogens is 3. The third kappa shape index (κ3) is 3.53. The molecule has 0 radical (unpaired) electrons. The zero-order valence-electron chi connectivity index (χ0n) is 12.7. The molecule has 2 N–H and O–H groups in total. The first-order valence-electron chi connectivity index (χ1n) is 7.66. The maximum Gasteiger partial charge on any atom is 0.290 e. The SMILES string of the molecule is CC(CNC(=O)c1ncn(C2CCCNC2)n1)c1ccsc1. The number of thiophene rings is 1. The van der Waals surface area contributed by atoms with E-state index in [0.717, 1.165) is 25.9 Å². The Kier molecular flexibility index (Phi) is 4.84. The minimum atomic E-state index is -0.204. The van der Waals surface area contributed by atoms with Gasteiger partial charge in [-0.15, -0.1) is 5.10 Å². The summed E-state index contributed by atoms with van der Waals surface area (Å²) in [5.41, 5.74) is 1.25. The van der Waals surface area contributed by atoms with E-state index >= 15 is 0 Å². The number of rotatable bonds is 5. The van der Waals surface area contributed by atoms with Gasteiger partial charge in [-0.2, -0.15) is 11.3 Å². The normalized spacial score (nSPS) is 19.8. The van der Waals surface area contributed by atoms with E-state index in [1.807, 2.05) is 4.68 Å². The topological polar surface area (TPSA) is 71.8 Å². The molecule has 3 heterocycles. The van der Waals surface area contributed by atoms with Crippen LogP contribution in [0.1, 0.15) is 47.9 Å². The van der Waals surface area contributed by atoms with Crippen LogP contribution >= 0.6 is 11.3 Å². The molecule has 1 aliphatic heterocycles. The molecule has 2 aromatic rings. The highest BCUT2D eigenvalue weighted by molar-refractivity contribution is 7.07. The van der Waals surface area contributed by atoms with Crippen molar-refractivity contribution in [3.63, 3.8) is 0 Å². The maximum absolute atomic E-state index is 12.2. The molecule has 0 aliphatic carbocycles. The van der Waals surface area contributed by atoms with Crippen LogP contribution in [0.4, 0.5) is 0 Å². The fourth-order valence-electron chi connectivity index (χ4n) is 2.61. The van der Waals surface area contributed by atoms with Gasteiger partial charge >= 0.3 is 0 Å². The van der Waals surface area contributed by atoms with Crippen molar-refractivity contribution in [2.75, 3.05) is 19.6 Å². The van der Waals surface area contributed by atoms with Crippen LogP contribution in [0.3, 0.4) is 0 Å². The zero-order chi connectivity index (χ0) is 15.4. The van der Waals surface area contributed by atoms with E-state index in [4.69, 9.17) is 0 Å². The third-order valence-corrected chi connectivity index (χ3v) is 4.74. The highest BCUT2D eigenvalue weighted by atomic mass is 32.1. The summed E-state index contributed by atoms with van der Waals surface area (Å²) in [6.07, 6.45) is 3.87. The van der Waals surface area contributed by atoms with Crippen molar-refractivity contribution in [2.45, 2.75) is 31.7 Å². The van der Waals surface area contributed by atoms with Gasteiger partial charge in [-0.25, -0.2) is 9.67 Å². The number of nitrogens with zero attached hydrogens (tertiary/aromatic N) is 3. The van der Waals surface area contributed by atoms with Gasteiger partial charge in [0, 0.05) is 13.1 Å². The predicted molar refractivity (Wildman–Crippen MR) is 86.2 cm³/mol. The van der Waals surface area contributed by atoms with Gasteiger partial charge in [-0.1, -0.05) is 6.92 Å². The average molecular weight is 319 g/mol. The molecule has 7 heteroatoms. The summed E-state index contributed by atoms with van der Waals surface area (Å²) in [6, 6.07) is 2.39. The van der Waals surface area contributed by atoms with Gasteiger partial charge in [-0.05, 0) is 47.7 Å². The van der Waals surface area contributed by atoms with Crippen LogP contribution in [0, 0.1) is 0 Å². The van der Waals surface area contributed by atoms with Crippen LogP contribution < -0.4 is 10.6 Å². The molecule has 0 bridgehead atoms. The van der Waals surface area contributed by atoms with Gasteiger partial charge in [0.15, 0.2) is 0 Å². The number of carbonyl (C=O) groups excluding carboxylic acids is 1. The third-order valence-electron chi connectivity index (χ3n) is 4.04. The summed E-state index contributed by atoms with van der Waals surface area (Å²) < 4.78 is 1.81. The maximum atomic E-state index is 12.2. The summed E-state index contributed by atoms with van der Waals surface area (Å²) in [4.78, 5) is 16.3. The van der Waals surface area contributed by atoms with E-state index in [1.165, 1.54) is 5.56 Å². The summed E-state index contributed by atoms with van der Waals surface area (Å²) in [7, 11) is 0. The average Bonchev–Trinajstić information content (AvgIpc) is 3.24. The second kappa shape index (κ2) is 7.02. The Bertz CT molecular complexity index is 603. The first kappa shape index (κ1) is 15.2. The van der Waals surface area contributed by atoms with Crippen LogP contribution in [-0.2, 0) is 0 Å². The first-order chi connectivity index (χ1) is 10.7. The lowest BCUT2D eigenvalue weighted by atomic mass is 10.1. The van der Waals surface area contributed by atoms with Crippen molar-refractivity contribution < 1.29 is 4.79 Å². The molecule has 0 aromatic carbocycles. The number of hydrogen-bond donors (Lipinski definition) is 2. The van der Waals surface area contributed by atoms with Crippen LogP contribution in [0.25, 0.3) is 0 Å². The van der Waals surface area contributed by atoms with Gasteiger partial charge in [0.2, 0.25) is 5.82 Å². The van der Waals surface area contributed by atoms with Crippen molar-refractivity contribution in [1.82, 2.24) is 25.4 Å². The summed E-state index contributed by atoms with van der Waals surface area (Å²) >= 11 is 1.67. The lowest BCUT2D eigenvalue weighted by molar-refractivity contribution is 0.0940. The lowest BCUT2D eigenvalue weighted by Crippen LogP contribution is -2.32. The quantitative estimate of drug-likeness (QED) is 0.881. The first-order valence-corrected chi connectivity index (χ1v) is 8.60. The summed E-state index contributed by atoms with van der Waals surface area (Å²) in [5, 5.41) is 14.7. The Balaban J connectivity index is 1.55. The molecule has 1 fully saturated rings. The highest BCUT2D eigenvalue weighted by Gasteiger charge is 2.19. The molecular weight excluding hydrogens is 298 g/mol. The number of carbonyl (C=O) groups is 1. The van der Waals surface area contributed by atoms with Crippen LogP contribution in [0.15, 0.2) is 23.2 Å². The molecule has 2 aromatic heterocycles. The molecule has 2 atom stereocenters. The molecule has 2 unspecified atom stereocenters. The van der Waals surface area contributed by atoms with Crippen molar-refractivity contribution in [1.29, 1.82) is 0 Å². The van der Waals surface area contributed by atoms with Crippen molar-refractivity contribution in [3.8, 4) is 0 Å². The van der Waals surface area contributed by atoms with Gasteiger partial charge in [0.05, 0.1) is 6.04 Å². The molecule has 1 amide bonds.